The normalized spacial score (nSPS) is 16.0. The van der Waals surface area contributed by atoms with Gasteiger partial charge in [-0.3, -0.25) is 14.9 Å². The van der Waals surface area contributed by atoms with Crippen LogP contribution in [0.4, 0.5) is 5.69 Å². The van der Waals surface area contributed by atoms with E-state index in [9.17, 15) is 23.3 Å². The molecule has 1 fully saturated rings. The maximum absolute atomic E-state index is 13.8. The van der Waals surface area contributed by atoms with Crippen LogP contribution in [0.2, 0.25) is 5.02 Å². The number of nitrogens with zero attached hydrogens (tertiary/aromatic N) is 6. The van der Waals surface area contributed by atoms with E-state index in [4.69, 9.17) is 21.3 Å². The average molecular weight is 645 g/mol. The zero-order chi connectivity index (χ0) is 31.1. The quantitative estimate of drug-likeness (QED) is 0.188. The monoisotopic (exact) mass is 644 g/mol. The van der Waals surface area contributed by atoms with E-state index in [-0.39, 0.29) is 41.4 Å². The molecule has 0 N–H and O–H groups in total. The van der Waals surface area contributed by atoms with Crippen LogP contribution in [0.1, 0.15) is 42.7 Å². The van der Waals surface area contributed by atoms with Crippen LogP contribution < -0.4 is 4.74 Å². The molecule has 1 atom stereocenters. The Hall–Kier alpha value is -3.85. The minimum Gasteiger partial charge on any atom is -0.497 e. The first-order chi connectivity index (χ1) is 20.4. The number of carbonyl (C=O) groups is 1. The first-order valence-electron chi connectivity index (χ1n) is 13.4. The first-order valence-corrected chi connectivity index (χ1v) is 16.1. The van der Waals surface area contributed by atoms with Gasteiger partial charge in [0.25, 0.3) is 11.6 Å². The number of thiazole rings is 1. The standard InChI is InChI=1S/C28H29ClN6O6S2/c1-17(2)26-22(14-30-34(26)28-31-24(16-42-28)19-6-5-7-20(12-19)41-4)27(36)32-10-11-33(18(3)15-32)43(39,40)21-8-9-23(29)25(13-21)35(37)38/h5-9,12-14,16-18H,10-11,15H2,1-4H3. The highest BCUT2D eigenvalue weighted by atomic mass is 35.5. The van der Waals surface area contributed by atoms with Gasteiger partial charge >= 0.3 is 0 Å². The molecule has 12 nitrogen and oxygen atoms in total. The van der Waals surface area contributed by atoms with Gasteiger partial charge in [-0.25, -0.2) is 18.1 Å². The van der Waals surface area contributed by atoms with Gasteiger partial charge in [-0.15, -0.1) is 11.3 Å². The Balaban J connectivity index is 1.37. The van der Waals surface area contributed by atoms with E-state index in [0.717, 1.165) is 23.1 Å². The lowest BCUT2D eigenvalue weighted by Gasteiger charge is -2.39. The van der Waals surface area contributed by atoms with Gasteiger partial charge in [0, 0.05) is 42.7 Å². The smallest absolute Gasteiger partial charge is 0.289 e. The summed E-state index contributed by atoms with van der Waals surface area (Å²) in [5, 5.41) is 18.2. The molecule has 43 heavy (non-hydrogen) atoms. The van der Waals surface area contributed by atoms with Gasteiger partial charge in [0.1, 0.15) is 10.8 Å². The Bertz CT molecular complexity index is 1800. The van der Waals surface area contributed by atoms with E-state index in [0.29, 0.717) is 16.4 Å². The van der Waals surface area contributed by atoms with E-state index in [2.05, 4.69) is 5.10 Å². The highest BCUT2D eigenvalue weighted by molar-refractivity contribution is 7.89. The summed E-state index contributed by atoms with van der Waals surface area (Å²) < 4.78 is 35.1. The number of rotatable bonds is 8. The lowest BCUT2D eigenvalue weighted by atomic mass is 10.0. The second-order valence-corrected chi connectivity index (χ2v) is 13.5. The number of carbonyl (C=O) groups excluding carboxylic acids is 1. The number of hydrogen-bond donors (Lipinski definition) is 0. The summed E-state index contributed by atoms with van der Waals surface area (Å²) in [5.41, 5.74) is 2.29. The highest BCUT2D eigenvalue weighted by Crippen LogP contribution is 2.32. The van der Waals surface area contributed by atoms with Gasteiger partial charge in [-0.05, 0) is 37.1 Å². The minimum atomic E-state index is -4.08. The largest absolute Gasteiger partial charge is 0.497 e. The molecule has 1 aliphatic heterocycles. The van der Waals surface area contributed by atoms with E-state index in [1.807, 2.05) is 43.5 Å². The first kappa shape index (κ1) is 30.6. The molecule has 0 radical (unpaired) electrons. The van der Waals surface area contributed by atoms with Crippen LogP contribution in [0.25, 0.3) is 16.4 Å². The molecule has 0 spiro atoms. The van der Waals surface area contributed by atoms with Crippen LogP contribution in [0.5, 0.6) is 5.75 Å². The van der Waals surface area contributed by atoms with Crippen LogP contribution in [0, 0.1) is 10.1 Å². The molecule has 1 saturated heterocycles. The Kier molecular flexibility index (Phi) is 8.56. The van der Waals surface area contributed by atoms with E-state index in [1.165, 1.54) is 34.0 Å². The van der Waals surface area contributed by atoms with Crippen molar-refractivity contribution in [3.8, 4) is 22.1 Å². The van der Waals surface area contributed by atoms with Crippen molar-refractivity contribution < 1.29 is 22.9 Å². The van der Waals surface area contributed by atoms with E-state index in [1.54, 1.807) is 23.6 Å². The molecule has 1 amide bonds. The number of nitro benzene ring substituents is 1. The lowest BCUT2D eigenvalue weighted by molar-refractivity contribution is -0.384. The predicted octanol–water partition coefficient (Wildman–Crippen LogP) is 5.22. The van der Waals surface area contributed by atoms with E-state index >= 15 is 0 Å². The minimum absolute atomic E-state index is 0.0210. The Morgan fingerprint density at radius 2 is 1.98 bits per heavy atom. The van der Waals surface area contributed by atoms with Crippen LogP contribution >= 0.6 is 22.9 Å². The Morgan fingerprint density at radius 1 is 1.21 bits per heavy atom. The number of aromatic nitrogens is 3. The van der Waals surface area contributed by atoms with Crippen molar-refractivity contribution in [2.75, 3.05) is 26.7 Å². The molecule has 0 bridgehead atoms. The average Bonchev–Trinajstić information content (AvgIpc) is 3.64. The second kappa shape index (κ2) is 12.0. The van der Waals surface area contributed by atoms with Crippen molar-refractivity contribution in [2.24, 2.45) is 0 Å². The molecule has 226 valence electrons. The Morgan fingerprint density at radius 3 is 2.65 bits per heavy atom. The van der Waals surface area contributed by atoms with Crippen LogP contribution in [0.15, 0.2) is 58.9 Å². The van der Waals surface area contributed by atoms with Crippen molar-refractivity contribution in [1.29, 1.82) is 0 Å². The number of sulfonamides is 1. The predicted molar refractivity (Wildman–Crippen MR) is 163 cm³/mol. The summed E-state index contributed by atoms with van der Waals surface area (Å²) in [6.45, 7) is 5.93. The molecule has 0 aliphatic carbocycles. The van der Waals surface area contributed by atoms with Crippen LogP contribution in [0.3, 0.4) is 0 Å². The summed E-state index contributed by atoms with van der Waals surface area (Å²) in [6.07, 6.45) is 1.53. The molecular formula is C28H29ClN6O6S2. The van der Waals surface area contributed by atoms with Crippen molar-refractivity contribution in [2.45, 2.75) is 37.6 Å². The second-order valence-electron chi connectivity index (χ2n) is 10.3. The van der Waals surface area contributed by atoms with Crippen LogP contribution in [-0.2, 0) is 10.0 Å². The van der Waals surface area contributed by atoms with Crippen molar-refractivity contribution in [3.05, 3.63) is 80.4 Å². The molecule has 2 aromatic carbocycles. The number of nitro groups is 1. The molecular weight excluding hydrogens is 616 g/mol. The molecule has 3 heterocycles. The van der Waals surface area contributed by atoms with Gasteiger partial charge in [0.2, 0.25) is 15.2 Å². The SMILES string of the molecule is COc1cccc(-c2csc(-n3ncc(C(=O)N4CCN(S(=O)(=O)c5ccc(Cl)c([N+](=O)[O-])c5)C(C)C4)c3C(C)C)n2)c1. The summed E-state index contributed by atoms with van der Waals surface area (Å²) in [7, 11) is -2.47. The maximum Gasteiger partial charge on any atom is 0.289 e. The maximum atomic E-state index is 13.8. The Labute approximate surface area is 257 Å². The zero-order valence-corrected chi connectivity index (χ0v) is 26.2. The van der Waals surface area contributed by atoms with Gasteiger partial charge in [-0.2, -0.15) is 9.40 Å². The number of piperazine rings is 1. The third-order valence-corrected chi connectivity index (χ3v) is 10.3. The summed E-state index contributed by atoms with van der Waals surface area (Å²) in [4.78, 5) is 30.5. The third kappa shape index (κ3) is 5.87. The van der Waals surface area contributed by atoms with E-state index < -0.39 is 26.7 Å². The fourth-order valence-electron chi connectivity index (χ4n) is 5.09. The molecule has 2 aromatic heterocycles. The number of methoxy groups -OCH3 is 1. The lowest BCUT2D eigenvalue weighted by Crippen LogP contribution is -2.55. The zero-order valence-electron chi connectivity index (χ0n) is 23.8. The molecule has 4 aromatic rings. The fraction of sp³-hybridized carbons (Fsp3) is 0.321. The molecule has 15 heteroatoms. The summed E-state index contributed by atoms with van der Waals surface area (Å²) in [5.74, 6) is 0.398. The number of benzene rings is 2. The number of ether oxygens (including phenoxy) is 1. The third-order valence-electron chi connectivity index (χ3n) is 7.20. The molecule has 1 aliphatic rings. The van der Waals surface area contributed by atoms with Crippen molar-refractivity contribution in [1.82, 2.24) is 24.0 Å². The molecule has 5 rings (SSSR count). The number of amides is 1. The van der Waals surface area contributed by atoms with Gasteiger partial charge in [0.05, 0.1) is 40.1 Å². The van der Waals surface area contributed by atoms with Gasteiger partial charge < -0.3 is 9.64 Å². The molecule has 1 unspecified atom stereocenters. The van der Waals surface area contributed by atoms with Crippen molar-refractivity contribution in [3.63, 3.8) is 0 Å². The van der Waals surface area contributed by atoms with Crippen LogP contribution in [-0.4, -0.2) is 76.0 Å². The highest BCUT2D eigenvalue weighted by Gasteiger charge is 2.37. The molecule has 0 saturated carbocycles. The summed E-state index contributed by atoms with van der Waals surface area (Å²) >= 11 is 7.28. The van der Waals surface area contributed by atoms with Gasteiger partial charge in [0.15, 0.2) is 0 Å². The fourth-order valence-corrected chi connectivity index (χ4v) is 7.71. The van der Waals surface area contributed by atoms with Crippen molar-refractivity contribution >= 4 is 44.6 Å². The summed E-state index contributed by atoms with van der Waals surface area (Å²) in [6, 6.07) is 10.4. The number of halogens is 1. The van der Waals surface area contributed by atoms with Gasteiger partial charge in [-0.1, -0.05) is 37.6 Å². The topological polar surface area (TPSA) is 141 Å². The number of hydrogen-bond acceptors (Lipinski definition) is 9.